The average molecular weight is 329 g/mol. The Morgan fingerprint density at radius 2 is 2.05 bits per heavy atom. The largest absolute Gasteiger partial charge is 0.383 e. The molecule has 0 heterocycles. The number of aryl methyl sites for hydroxylation is 2. The van der Waals surface area contributed by atoms with E-state index in [0.29, 0.717) is 12.1 Å². The fourth-order valence-electron chi connectivity index (χ4n) is 2.48. The molecular weight excluding hydrogens is 306 g/mol. The van der Waals surface area contributed by atoms with Crippen LogP contribution in [0.4, 0.5) is 5.69 Å². The first-order valence-corrected chi connectivity index (χ1v) is 8.66. The van der Waals surface area contributed by atoms with Gasteiger partial charge < -0.3 is 9.64 Å². The van der Waals surface area contributed by atoms with Crippen LogP contribution >= 0.6 is 0 Å². The lowest BCUT2D eigenvalue weighted by Crippen LogP contribution is -2.45. The molecule has 1 atom stereocenters. The molecule has 0 bridgehead atoms. The van der Waals surface area contributed by atoms with E-state index in [1.165, 1.54) is 12.0 Å². The Balaban J connectivity index is 3.36. The second kappa shape index (κ2) is 7.71. The number of rotatable bonds is 7. The highest BCUT2D eigenvalue weighted by Gasteiger charge is 2.28. The first-order chi connectivity index (χ1) is 10.2. The van der Waals surface area contributed by atoms with E-state index in [1.807, 2.05) is 32.0 Å². The van der Waals surface area contributed by atoms with E-state index < -0.39 is 21.8 Å². The lowest BCUT2D eigenvalue weighted by atomic mass is 10.0. The number of hydrogen-bond donors (Lipinski definition) is 1. The molecule has 0 saturated heterocycles. The van der Waals surface area contributed by atoms with Gasteiger partial charge in [-0.05, 0) is 31.4 Å². The molecule has 1 amide bonds. The number of carbonyl (C=O) groups excluding carboxylic acids is 1. The molecule has 124 valence electrons. The highest BCUT2D eigenvalue weighted by molar-refractivity contribution is 7.86. The summed E-state index contributed by atoms with van der Waals surface area (Å²) in [6.45, 7) is 5.86. The highest BCUT2D eigenvalue weighted by atomic mass is 32.2. The monoisotopic (exact) mass is 329 g/mol. The third-order valence-corrected chi connectivity index (χ3v) is 3.98. The number of methoxy groups -OCH3 is 1. The summed E-state index contributed by atoms with van der Waals surface area (Å²) in [7, 11) is -2.87. The minimum Gasteiger partial charge on any atom is -0.383 e. The molecular formula is C15H23NO5S. The molecule has 6 nitrogen and oxygen atoms in total. The summed E-state index contributed by atoms with van der Waals surface area (Å²) < 4.78 is 36.2. The van der Waals surface area contributed by atoms with E-state index in [9.17, 15) is 13.2 Å². The number of anilines is 1. The van der Waals surface area contributed by atoms with Crippen molar-refractivity contribution in [3.05, 3.63) is 29.3 Å². The molecule has 22 heavy (non-hydrogen) atoms. The van der Waals surface area contributed by atoms with Crippen molar-refractivity contribution >= 4 is 21.7 Å². The van der Waals surface area contributed by atoms with Crippen molar-refractivity contribution in [2.45, 2.75) is 33.2 Å². The van der Waals surface area contributed by atoms with Gasteiger partial charge in [0.15, 0.2) is 5.75 Å². The Morgan fingerprint density at radius 1 is 1.41 bits per heavy atom. The molecule has 7 heteroatoms. The van der Waals surface area contributed by atoms with Gasteiger partial charge in [-0.3, -0.25) is 9.35 Å². The van der Waals surface area contributed by atoms with Gasteiger partial charge >= 0.3 is 0 Å². The van der Waals surface area contributed by atoms with Crippen molar-refractivity contribution in [3.8, 4) is 0 Å². The van der Waals surface area contributed by atoms with E-state index in [4.69, 9.17) is 9.29 Å². The fourth-order valence-corrected chi connectivity index (χ4v) is 2.93. The predicted molar refractivity (Wildman–Crippen MR) is 85.8 cm³/mol. The zero-order chi connectivity index (χ0) is 16.9. The SMILES string of the molecule is CCc1cccc(C)c1N(C(=O)CS(=O)(=O)O)[C@H](C)COC. The van der Waals surface area contributed by atoms with Crippen LogP contribution in [0.3, 0.4) is 0 Å². The van der Waals surface area contributed by atoms with E-state index in [0.717, 1.165) is 11.1 Å². The van der Waals surface area contributed by atoms with Crippen molar-refractivity contribution in [1.29, 1.82) is 0 Å². The number of nitrogens with zero attached hydrogens (tertiary/aromatic N) is 1. The molecule has 1 rings (SSSR count). The van der Waals surface area contributed by atoms with Gasteiger partial charge in [0.25, 0.3) is 10.1 Å². The van der Waals surface area contributed by atoms with Crippen LogP contribution in [0.25, 0.3) is 0 Å². The standard InChI is InChI=1S/C15H23NO5S/c1-5-13-8-6-7-11(2)15(13)16(12(3)9-21-4)14(17)10-22(18,19)20/h6-8,12H,5,9-10H2,1-4H3,(H,18,19,20)/t12-/m1/s1. The second-order valence-electron chi connectivity index (χ2n) is 5.23. The molecule has 0 saturated carbocycles. The number of amides is 1. The first kappa shape index (κ1) is 18.6. The smallest absolute Gasteiger partial charge is 0.274 e. The topological polar surface area (TPSA) is 83.9 Å². The summed E-state index contributed by atoms with van der Waals surface area (Å²) in [5.41, 5.74) is 2.49. The normalized spacial score (nSPS) is 13.0. The van der Waals surface area contributed by atoms with Gasteiger partial charge in [-0.2, -0.15) is 8.42 Å². The van der Waals surface area contributed by atoms with Crippen LogP contribution in [0.2, 0.25) is 0 Å². The van der Waals surface area contributed by atoms with Crippen molar-refractivity contribution in [2.75, 3.05) is 24.4 Å². The Labute approximate surface area is 131 Å². The number of hydrogen-bond acceptors (Lipinski definition) is 4. The zero-order valence-corrected chi connectivity index (χ0v) is 14.2. The molecule has 0 aliphatic rings. The van der Waals surface area contributed by atoms with E-state index in [1.54, 1.807) is 6.92 Å². The van der Waals surface area contributed by atoms with Crippen LogP contribution in [0.1, 0.15) is 25.0 Å². The van der Waals surface area contributed by atoms with Crippen LogP contribution in [0.15, 0.2) is 18.2 Å². The average Bonchev–Trinajstić information content (AvgIpc) is 2.39. The first-order valence-electron chi connectivity index (χ1n) is 7.05. The molecule has 0 spiro atoms. The maximum absolute atomic E-state index is 12.4. The van der Waals surface area contributed by atoms with Gasteiger partial charge in [-0.15, -0.1) is 0 Å². The number of benzene rings is 1. The molecule has 1 aromatic carbocycles. The quantitative estimate of drug-likeness (QED) is 0.771. The molecule has 1 N–H and O–H groups in total. The number of ether oxygens (including phenoxy) is 1. The maximum atomic E-state index is 12.4. The predicted octanol–water partition coefficient (Wildman–Crippen LogP) is 1.81. The minimum absolute atomic E-state index is 0.259. The summed E-state index contributed by atoms with van der Waals surface area (Å²) in [5.74, 6) is -1.62. The third-order valence-electron chi connectivity index (χ3n) is 3.37. The number of para-hydroxylation sites is 1. The lowest BCUT2D eigenvalue weighted by Gasteiger charge is -2.31. The van der Waals surface area contributed by atoms with Gasteiger partial charge in [-0.25, -0.2) is 0 Å². The Hall–Kier alpha value is -1.44. The van der Waals surface area contributed by atoms with Crippen LogP contribution in [-0.4, -0.2) is 44.4 Å². The van der Waals surface area contributed by atoms with Gasteiger partial charge in [0.05, 0.1) is 18.3 Å². The van der Waals surface area contributed by atoms with Gasteiger partial charge in [-0.1, -0.05) is 25.1 Å². The van der Waals surface area contributed by atoms with Crippen molar-refractivity contribution in [3.63, 3.8) is 0 Å². The molecule has 0 radical (unpaired) electrons. The molecule has 0 aliphatic heterocycles. The molecule has 0 aromatic heterocycles. The molecule has 0 unspecified atom stereocenters. The summed E-state index contributed by atoms with van der Waals surface area (Å²) in [6.07, 6.45) is 0.701. The highest BCUT2D eigenvalue weighted by Crippen LogP contribution is 2.28. The van der Waals surface area contributed by atoms with E-state index in [-0.39, 0.29) is 12.6 Å². The summed E-state index contributed by atoms with van der Waals surface area (Å²) in [6, 6.07) is 5.30. The van der Waals surface area contributed by atoms with Crippen molar-refractivity contribution in [2.24, 2.45) is 0 Å². The van der Waals surface area contributed by atoms with Crippen LogP contribution in [0.5, 0.6) is 0 Å². The molecule has 0 fully saturated rings. The van der Waals surface area contributed by atoms with Crippen molar-refractivity contribution < 1.29 is 22.5 Å². The lowest BCUT2D eigenvalue weighted by molar-refractivity contribution is -0.117. The van der Waals surface area contributed by atoms with Crippen LogP contribution < -0.4 is 4.90 Å². The summed E-state index contributed by atoms with van der Waals surface area (Å²) in [4.78, 5) is 13.8. The van der Waals surface area contributed by atoms with Gasteiger partial charge in [0.1, 0.15) is 0 Å². The van der Waals surface area contributed by atoms with Gasteiger partial charge in [0.2, 0.25) is 5.91 Å². The number of carbonyl (C=O) groups is 1. The fraction of sp³-hybridized carbons (Fsp3) is 0.533. The van der Waals surface area contributed by atoms with Crippen LogP contribution in [0, 0.1) is 6.92 Å². The molecule has 1 aromatic rings. The van der Waals surface area contributed by atoms with E-state index >= 15 is 0 Å². The Morgan fingerprint density at radius 3 is 2.55 bits per heavy atom. The minimum atomic E-state index is -4.39. The van der Waals surface area contributed by atoms with E-state index in [2.05, 4.69) is 0 Å². The second-order valence-corrected chi connectivity index (χ2v) is 6.68. The Bertz CT molecular complexity index is 627. The van der Waals surface area contributed by atoms with Gasteiger partial charge in [0, 0.05) is 7.11 Å². The maximum Gasteiger partial charge on any atom is 0.274 e. The summed E-state index contributed by atoms with van der Waals surface area (Å²) >= 11 is 0. The van der Waals surface area contributed by atoms with Crippen LogP contribution in [-0.2, 0) is 26.1 Å². The summed E-state index contributed by atoms with van der Waals surface area (Å²) in [5, 5.41) is 0. The zero-order valence-electron chi connectivity index (χ0n) is 13.4. The van der Waals surface area contributed by atoms with Crippen molar-refractivity contribution in [1.82, 2.24) is 0 Å². The Kier molecular flexibility index (Phi) is 6.52. The molecule has 0 aliphatic carbocycles. The third kappa shape index (κ3) is 4.79.